The first kappa shape index (κ1) is 27.4. The van der Waals surface area contributed by atoms with Crippen molar-refractivity contribution in [3.63, 3.8) is 0 Å². The van der Waals surface area contributed by atoms with Gasteiger partial charge in [-0.05, 0) is 73.0 Å². The lowest BCUT2D eigenvalue weighted by Crippen LogP contribution is -2.44. The van der Waals surface area contributed by atoms with E-state index >= 15 is 0 Å². The molecule has 0 bridgehead atoms. The van der Waals surface area contributed by atoms with Gasteiger partial charge in [-0.3, -0.25) is 0 Å². The highest BCUT2D eigenvalue weighted by molar-refractivity contribution is 7.89. The predicted octanol–water partition coefficient (Wildman–Crippen LogP) is 4.45. The van der Waals surface area contributed by atoms with E-state index in [0.29, 0.717) is 48.7 Å². The number of piperidine rings is 1. The van der Waals surface area contributed by atoms with Crippen molar-refractivity contribution < 1.29 is 17.5 Å². The van der Waals surface area contributed by atoms with Gasteiger partial charge in [0.05, 0.1) is 12.0 Å². The van der Waals surface area contributed by atoms with Crippen molar-refractivity contribution in [3.8, 4) is 5.88 Å². The molecule has 2 aromatic heterocycles. The second-order valence-corrected chi connectivity index (χ2v) is 11.3. The zero-order chi connectivity index (χ0) is 28.0. The van der Waals surface area contributed by atoms with Crippen LogP contribution in [0.3, 0.4) is 0 Å². The number of methoxy groups -OCH3 is 1. The molecule has 208 valence electrons. The minimum absolute atomic E-state index is 0.230. The predicted molar refractivity (Wildman–Crippen MR) is 151 cm³/mol. The smallest absolute Gasteiger partial charge is 0.243 e. The van der Waals surface area contributed by atoms with Crippen molar-refractivity contribution in [2.24, 2.45) is 0 Å². The molecule has 0 aliphatic carbocycles. The van der Waals surface area contributed by atoms with Crippen LogP contribution >= 0.6 is 0 Å². The minimum atomic E-state index is -3.61. The largest absolute Gasteiger partial charge is 0.481 e. The van der Waals surface area contributed by atoms with Crippen LogP contribution in [-0.4, -0.2) is 53.9 Å². The molecule has 0 amide bonds. The molecular formula is C28H30FN7O3S. The molecule has 4 aromatic rings. The second kappa shape index (κ2) is 12.4. The van der Waals surface area contributed by atoms with Gasteiger partial charge in [-0.25, -0.2) is 22.8 Å². The van der Waals surface area contributed by atoms with Gasteiger partial charge >= 0.3 is 0 Å². The molecule has 3 heterocycles. The standard InChI is InChI=1S/C28H30FN7O3S/c1-39-27-11-2-20(19-32-27)18-31-22-13-16-36(17-14-22)40(37,38)25-9-7-24(8-10-25)34-28-30-15-12-26(35-28)33-23-5-3-21(29)4-6-23/h2-12,15,19,22,31H,13-14,16-18H2,1H3,(H2,30,33,34,35). The number of anilines is 4. The number of pyridine rings is 1. The molecule has 2 aromatic carbocycles. The Morgan fingerprint density at radius 3 is 2.30 bits per heavy atom. The second-order valence-electron chi connectivity index (χ2n) is 9.31. The van der Waals surface area contributed by atoms with Gasteiger partial charge in [0.1, 0.15) is 11.6 Å². The molecule has 1 saturated heterocycles. The van der Waals surface area contributed by atoms with Crippen molar-refractivity contribution in [2.45, 2.75) is 30.3 Å². The Hall–Kier alpha value is -4.13. The molecule has 0 unspecified atom stereocenters. The van der Waals surface area contributed by atoms with Crippen LogP contribution in [0.1, 0.15) is 18.4 Å². The zero-order valence-corrected chi connectivity index (χ0v) is 22.7. The Morgan fingerprint density at radius 1 is 0.925 bits per heavy atom. The Balaban J connectivity index is 1.14. The summed E-state index contributed by atoms with van der Waals surface area (Å²) in [4.78, 5) is 13.1. The van der Waals surface area contributed by atoms with E-state index in [1.165, 1.54) is 16.4 Å². The zero-order valence-electron chi connectivity index (χ0n) is 21.9. The highest BCUT2D eigenvalue weighted by Gasteiger charge is 2.29. The molecule has 0 atom stereocenters. The summed E-state index contributed by atoms with van der Waals surface area (Å²) in [5.41, 5.74) is 2.38. The summed E-state index contributed by atoms with van der Waals surface area (Å²) >= 11 is 0. The Labute approximate surface area is 232 Å². The minimum Gasteiger partial charge on any atom is -0.481 e. The molecule has 1 aliphatic heterocycles. The lowest BCUT2D eigenvalue weighted by atomic mass is 10.1. The number of hydrogen-bond acceptors (Lipinski definition) is 9. The van der Waals surface area contributed by atoms with Crippen molar-refractivity contribution >= 4 is 33.2 Å². The third-order valence-corrected chi connectivity index (χ3v) is 8.49. The molecule has 5 rings (SSSR count). The lowest BCUT2D eigenvalue weighted by molar-refractivity contribution is 0.288. The molecule has 0 radical (unpaired) electrons. The van der Waals surface area contributed by atoms with Crippen molar-refractivity contribution in [1.82, 2.24) is 24.6 Å². The number of sulfonamides is 1. The van der Waals surface area contributed by atoms with Crippen molar-refractivity contribution in [1.29, 1.82) is 0 Å². The molecule has 0 spiro atoms. The molecule has 1 fully saturated rings. The quantitative estimate of drug-likeness (QED) is 0.257. The average Bonchev–Trinajstić information content (AvgIpc) is 2.98. The van der Waals surface area contributed by atoms with Gasteiger partial charge in [0.15, 0.2) is 0 Å². The molecule has 10 nitrogen and oxygen atoms in total. The summed E-state index contributed by atoms with van der Waals surface area (Å²) in [6, 6.07) is 18.2. The van der Waals surface area contributed by atoms with Crippen molar-refractivity contribution in [2.75, 3.05) is 30.8 Å². The SMILES string of the molecule is COc1ccc(CNC2CCN(S(=O)(=O)c3ccc(Nc4nccc(Nc5ccc(F)cc5)n4)cc3)CC2)cn1. The summed E-state index contributed by atoms with van der Waals surface area (Å²) in [5.74, 6) is 1.12. The van der Waals surface area contributed by atoms with Gasteiger partial charge in [0.25, 0.3) is 0 Å². The van der Waals surface area contributed by atoms with Crippen LogP contribution < -0.4 is 20.7 Å². The van der Waals surface area contributed by atoms with Gasteiger partial charge in [0, 0.05) is 55.5 Å². The highest BCUT2D eigenvalue weighted by atomic mass is 32.2. The first-order valence-electron chi connectivity index (χ1n) is 12.8. The number of ether oxygens (including phenoxy) is 1. The molecule has 12 heteroatoms. The number of nitrogens with zero attached hydrogens (tertiary/aromatic N) is 4. The number of aromatic nitrogens is 3. The summed E-state index contributed by atoms with van der Waals surface area (Å²) in [7, 11) is -2.03. The maximum absolute atomic E-state index is 13.3. The van der Waals surface area contributed by atoms with Gasteiger partial charge in [0.2, 0.25) is 21.9 Å². The van der Waals surface area contributed by atoms with Gasteiger partial charge in [-0.15, -0.1) is 0 Å². The fourth-order valence-electron chi connectivity index (χ4n) is 4.36. The van der Waals surface area contributed by atoms with E-state index in [1.54, 1.807) is 62.0 Å². The van der Waals surface area contributed by atoms with Crippen molar-refractivity contribution in [3.05, 3.63) is 90.5 Å². The summed E-state index contributed by atoms with van der Waals surface area (Å²) in [6.45, 7) is 1.56. The molecular weight excluding hydrogens is 533 g/mol. The maximum Gasteiger partial charge on any atom is 0.243 e. The number of hydrogen-bond donors (Lipinski definition) is 3. The molecule has 1 aliphatic rings. The number of benzene rings is 2. The first-order chi connectivity index (χ1) is 19.4. The molecule has 0 saturated carbocycles. The van der Waals surface area contributed by atoms with Gasteiger partial charge in [-0.1, -0.05) is 6.07 Å². The van der Waals surface area contributed by atoms with Crippen LogP contribution in [0.2, 0.25) is 0 Å². The van der Waals surface area contributed by atoms with E-state index in [4.69, 9.17) is 4.74 Å². The maximum atomic E-state index is 13.3. The number of halogens is 1. The van der Waals surface area contributed by atoms with E-state index in [2.05, 4.69) is 30.9 Å². The first-order valence-corrected chi connectivity index (χ1v) is 14.3. The van der Waals surface area contributed by atoms with E-state index in [0.717, 1.165) is 18.4 Å². The fourth-order valence-corrected chi connectivity index (χ4v) is 5.83. The van der Waals surface area contributed by atoms with Crippen LogP contribution in [0.25, 0.3) is 0 Å². The molecule has 40 heavy (non-hydrogen) atoms. The Morgan fingerprint density at radius 2 is 1.62 bits per heavy atom. The summed E-state index contributed by atoms with van der Waals surface area (Å²) < 4.78 is 46.3. The Bertz CT molecular complexity index is 1510. The van der Waals surface area contributed by atoms with Gasteiger partial charge < -0.3 is 20.7 Å². The van der Waals surface area contributed by atoms with Crippen LogP contribution in [0, 0.1) is 5.82 Å². The average molecular weight is 564 g/mol. The summed E-state index contributed by atoms with van der Waals surface area (Å²) in [6.07, 6.45) is 4.81. The van der Waals surface area contributed by atoms with E-state index in [-0.39, 0.29) is 16.8 Å². The fraction of sp³-hybridized carbons (Fsp3) is 0.250. The lowest BCUT2D eigenvalue weighted by Gasteiger charge is -2.31. The van der Waals surface area contributed by atoms with E-state index < -0.39 is 10.0 Å². The van der Waals surface area contributed by atoms with Crippen LogP contribution in [0.4, 0.5) is 27.5 Å². The third kappa shape index (κ3) is 6.89. The monoisotopic (exact) mass is 563 g/mol. The van der Waals surface area contributed by atoms with E-state index in [1.807, 2.05) is 12.1 Å². The van der Waals surface area contributed by atoms with Crippen LogP contribution in [0.5, 0.6) is 5.88 Å². The number of rotatable bonds is 10. The normalized spacial score (nSPS) is 14.6. The topological polar surface area (TPSA) is 121 Å². The highest BCUT2D eigenvalue weighted by Crippen LogP contribution is 2.24. The Kier molecular flexibility index (Phi) is 8.48. The van der Waals surface area contributed by atoms with Crippen LogP contribution in [-0.2, 0) is 16.6 Å². The van der Waals surface area contributed by atoms with Crippen LogP contribution in [0.15, 0.2) is 84.0 Å². The van der Waals surface area contributed by atoms with E-state index in [9.17, 15) is 12.8 Å². The summed E-state index contributed by atoms with van der Waals surface area (Å²) in [5, 5.41) is 9.67. The molecule has 3 N–H and O–H groups in total. The van der Waals surface area contributed by atoms with Gasteiger partial charge in [-0.2, -0.15) is 9.29 Å². The number of nitrogens with one attached hydrogen (secondary N) is 3. The third-order valence-electron chi connectivity index (χ3n) is 6.58.